The molecule has 0 saturated carbocycles. The fraction of sp³-hybridized carbons (Fsp3) is 0.538. The Balaban J connectivity index is 4.11. The molecule has 90 valence electrons. The van der Waals surface area contributed by atoms with Crippen LogP contribution in [0.2, 0.25) is 0 Å². The third kappa shape index (κ3) is 7.12. The van der Waals surface area contributed by atoms with Crippen LogP contribution >= 0.6 is 0 Å². The van der Waals surface area contributed by atoms with Gasteiger partial charge in [-0.1, -0.05) is 19.1 Å². The quantitative estimate of drug-likeness (QED) is 0.688. The Hall–Kier alpha value is -1.22. The topological polar surface area (TPSA) is 50.7 Å². The third-order valence-electron chi connectivity index (χ3n) is 2.27. The van der Waals surface area contributed by atoms with Crippen LogP contribution in [0.1, 0.15) is 40.5 Å². The van der Waals surface area contributed by atoms with Crippen LogP contribution in [0.3, 0.4) is 0 Å². The first kappa shape index (κ1) is 14.8. The van der Waals surface area contributed by atoms with E-state index in [0.29, 0.717) is 0 Å². The first-order chi connectivity index (χ1) is 7.61. The molecule has 0 amide bonds. The van der Waals surface area contributed by atoms with Crippen LogP contribution in [0, 0.1) is 0 Å². The highest BCUT2D eigenvalue weighted by Crippen LogP contribution is 1.96. The summed E-state index contributed by atoms with van der Waals surface area (Å²) >= 11 is 0. The van der Waals surface area contributed by atoms with Gasteiger partial charge >= 0.3 is 0 Å². The highest BCUT2D eigenvalue weighted by Gasteiger charge is 2.02. The number of hydrogen-bond acceptors (Lipinski definition) is 3. The number of hydrogen-bond donors (Lipinski definition) is 1. The van der Waals surface area contributed by atoms with Gasteiger partial charge in [0.1, 0.15) is 0 Å². The van der Waals surface area contributed by atoms with Crippen molar-refractivity contribution in [1.82, 2.24) is 0 Å². The zero-order chi connectivity index (χ0) is 12.4. The lowest BCUT2D eigenvalue weighted by atomic mass is 10.1. The van der Waals surface area contributed by atoms with Gasteiger partial charge in [0.25, 0.3) is 0 Å². The van der Waals surface area contributed by atoms with Crippen molar-refractivity contribution in [3.63, 3.8) is 0 Å². The first-order valence-corrected chi connectivity index (χ1v) is 5.71. The second-order valence-electron chi connectivity index (χ2n) is 3.70. The smallest absolute Gasteiger partial charge is 0.0462 e. The molecular formula is C13H23N3. The molecule has 16 heavy (non-hydrogen) atoms. The average Bonchev–Trinajstić information content (AvgIpc) is 2.30. The predicted molar refractivity (Wildman–Crippen MR) is 73.1 cm³/mol. The molecule has 0 aliphatic rings. The summed E-state index contributed by atoms with van der Waals surface area (Å²) in [5.74, 6) is 0. The lowest BCUT2D eigenvalue weighted by molar-refractivity contribution is 0.869. The van der Waals surface area contributed by atoms with Gasteiger partial charge in [-0.2, -0.15) is 0 Å². The number of aliphatic imine (C=N–C) groups is 2. The molecule has 2 N–H and O–H groups in total. The summed E-state index contributed by atoms with van der Waals surface area (Å²) in [6, 6.07) is -0.0235. The fourth-order valence-electron chi connectivity index (χ4n) is 0.937. The maximum absolute atomic E-state index is 5.94. The van der Waals surface area contributed by atoms with Gasteiger partial charge in [0, 0.05) is 29.9 Å². The van der Waals surface area contributed by atoms with E-state index in [2.05, 4.69) is 16.9 Å². The van der Waals surface area contributed by atoms with Gasteiger partial charge in [-0.25, -0.2) is 0 Å². The van der Waals surface area contributed by atoms with E-state index in [1.807, 2.05) is 39.1 Å². The minimum atomic E-state index is -0.0235. The molecule has 3 nitrogen and oxygen atoms in total. The van der Waals surface area contributed by atoms with Crippen molar-refractivity contribution < 1.29 is 0 Å². The van der Waals surface area contributed by atoms with Crippen LogP contribution in [-0.4, -0.2) is 17.5 Å². The molecule has 0 rings (SSSR count). The second-order valence-corrected chi connectivity index (χ2v) is 3.70. The van der Waals surface area contributed by atoms with E-state index in [0.717, 1.165) is 24.3 Å². The van der Waals surface area contributed by atoms with Gasteiger partial charge in [0.2, 0.25) is 0 Å². The Morgan fingerprint density at radius 3 is 2.50 bits per heavy atom. The number of allylic oxidation sites excluding steroid dienone is 1. The molecular weight excluding hydrogens is 198 g/mol. The van der Waals surface area contributed by atoms with Gasteiger partial charge in [-0.3, -0.25) is 9.98 Å². The molecule has 0 spiro atoms. The summed E-state index contributed by atoms with van der Waals surface area (Å²) in [7, 11) is 0. The Morgan fingerprint density at radius 2 is 1.94 bits per heavy atom. The Labute approximate surface area is 98.9 Å². The Kier molecular flexibility index (Phi) is 8.35. The van der Waals surface area contributed by atoms with Crippen LogP contribution in [0.5, 0.6) is 0 Å². The van der Waals surface area contributed by atoms with E-state index in [-0.39, 0.29) is 6.04 Å². The summed E-state index contributed by atoms with van der Waals surface area (Å²) in [5.41, 5.74) is 8.02. The number of rotatable bonds is 6. The SMILES string of the molecule is C/C=C\N=C(C)C(N)C/C=C/N=C(C)CC. The van der Waals surface area contributed by atoms with Gasteiger partial charge in [-0.15, -0.1) is 0 Å². The normalized spacial score (nSPS) is 16.3. The van der Waals surface area contributed by atoms with E-state index in [4.69, 9.17) is 5.73 Å². The van der Waals surface area contributed by atoms with Crippen molar-refractivity contribution in [3.8, 4) is 0 Å². The van der Waals surface area contributed by atoms with Crippen molar-refractivity contribution >= 4 is 11.4 Å². The number of nitrogens with zero attached hydrogens (tertiary/aromatic N) is 2. The van der Waals surface area contributed by atoms with Gasteiger partial charge in [0.05, 0.1) is 0 Å². The van der Waals surface area contributed by atoms with Crippen LogP contribution in [-0.2, 0) is 0 Å². The molecule has 1 atom stereocenters. The molecule has 0 fully saturated rings. The first-order valence-electron chi connectivity index (χ1n) is 5.71. The van der Waals surface area contributed by atoms with E-state index >= 15 is 0 Å². The van der Waals surface area contributed by atoms with Crippen molar-refractivity contribution in [2.75, 3.05) is 0 Å². The van der Waals surface area contributed by atoms with Gasteiger partial charge in [-0.05, 0) is 33.6 Å². The molecule has 0 aromatic heterocycles. The van der Waals surface area contributed by atoms with Crippen LogP contribution in [0.4, 0.5) is 0 Å². The molecule has 0 heterocycles. The summed E-state index contributed by atoms with van der Waals surface area (Å²) < 4.78 is 0. The minimum absolute atomic E-state index is 0.0235. The highest BCUT2D eigenvalue weighted by atomic mass is 14.8. The second kappa shape index (κ2) is 9.04. The lowest BCUT2D eigenvalue weighted by Gasteiger charge is -2.06. The third-order valence-corrected chi connectivity index (χ3v) is 2.27. The molecule has 3 heteroatoms. The predicted octanol–water partition coefficient (Wildman–Crippen LogP) is 3.08. The molecule has 0 radical (unpaired) electrons. The zero-order valence-corrected chi connectivity index (χ0v) is 10.8. The van der Waals surface area contributed by atoms with Crippen molar-refractivity contribution in [2.24, 2.45) is 15.7 Å². The molecule has 0 saturated heterocycles. The van der Waals surface area contributed by atoms with Gasteiger partial charge in [0.15, 0.2) is 0 Å². The Morgan fingerprint density at radius 1 is 1.25 bits per heavy atom. The van der Waals surface area contributed by atoms with Crippen molar-refractivity contribution in [3.05, 3.63) is 24.6 Å². The summed E-state index contributed by atoms with van der Waals surface area (Å²) in [6.45, 7) is 7.98. The van der Waals surface area contributed by atoms with E-state index in [1.165, 1.54) is 0 Å². The van der Waals surface area contributed by atoms with Gasteiger partial charge < -0.3 is 5.73 Å². The maximum Gasteiger partial charge on any atom is 0.0462 e. The monoisotopic (exact) mass is 221 g/mol. The average molecular weight is 221 g/mol. The zero-order valence-electron chi connectivity index (χ0n) is 10.8. The largest absolute Gasteiger partial charge is 0.323 e. The van der Waals surface area contributed by atoms with E-state index in [1.54, 1.807) is 6.20 Å². The molecule has 1 unspecified atom stereocenters. The minimum Gasteiger partial charge on any atom is -0.323 e. The number of nitrogens with two attached hydrogens (primary N) is 1. The summed E-state index contributed by atoms with van der Waals surface area (Å²) in [5, 5.41) is 0. The highest BCUT2D eigenvalue weighted by molar-refractivity contribution is 5.87. The molecule has 0 aromatic carbocycles. The molecule has 0 aromatic rings. The molecule has 0 bridgehead atoms. The van der Waals surface area contributed by atoms with Crippen LogP contribution in [0.25, 0.3) is 0 Å². The Bertz CT molecular complexity index is 298. The van der Waals surface area contributed by atoms with E-state index < -0.39 is 0 Å². The van der Waals surface area contributed by atoms with Crippen LogP contribution in [0.15, 0.2) is 34.5 Å². The molecule has 0 aliphatic carbocycles. The van der Waals surface area contributed by atoms with Crippen LogP contribution < -0.4 is 5.73 Å². The molecule has 0 aliphatic heterocycles. The van der Waals surface area contributed by atoms with E-state index in [9.17, 15) is 0 Å². The van der Waals surface area contributed by atoms with Crippen molar-refractivity contribution in [2.45, 2.75) is 46.6 Å². The van der Waals surface area contributed by atoms with Crippen molar-refractivity contribution in [1.29, 1.82) is 0 Å². The summed E-state index contributed by atoms with van der Waals surface area (Å²) in [6.07, 6.45) is 9.21. The fourth-order valence-corrected chi connectivity index (χ4v) is 0.937. The standard InChI is InChI=1S/C13H23N3/c1-5-9-16-12(4)13(14)8-7-10-15-11(3)6-2/h5,7,9-10,13H,6,8,14H2,1-4H3/b9-5-,10-7+,15-11?,16-12?. The maximum atomic E-state index is 5.94. The summed E-state index contributed by atoms with van der Waals surface area (Å²) in [4.78, 5) is 8.48. The lowest BCUT2D eigenvalue weighted by Crippen LogP contribution is -2.27.